The van der Waals surface area contributed by atoms with Crippen LogP contribution in [0.1, 0.15) is 10.4 Å². The van der Waals surface area contributed by atoms with E-state index >= 15 is 0 Å². The number of carbonyl (C=O) groups excluding carboxylic acids is 1. The van der Waals surface area contributed by atoms with Crippen LogP contribution in [0.4, 0.5) is 0 Å². The van der Waals surface area contributed by atoms with Crippen molar-refractivity contribution in [2.75, 3.05) is 0 Å². The predicted molar refractivity (Wildman–Crippen MR) is 53.5 cm³/mol. The van der Waals surface area contributed by atoms with Crippen LogP contribution in [-0.4, -0.2) is 5.97 Å². The van der Waals surface area contributed by atoms with Crippen molar-refractivity contribution in [3.63, 3.8) is 0 Å². The molecule has 0 fully saturated rings. The molecule has 1 rings (SSSR count). The zero-order chi connectivity index (χ0) is 8.27. The van der Waals surface area contributed by atoms with Crippen molar-refractivity contribution in [1.82, 2.24) is 0 Å². The van der Waals surface area contributed by atoms with Crippen LogP contribution in [0.2, 0.25) is 0 Å². The minimum atomic E-state index is -0.366. The number of halogens is 2. The molecule has 58 valence electrons. The summed E-state index contributed by atoms with van der Waals surface area (Å²) in [6, 6.07) is 7.22. The quantitative estimate of drug-likeness (QED) is 0.742. The fourth-order valence-corrected chi connectivity index (χ4v) is 1.45. The van der Waals surface area contributed by atoms with Gasteiger partial charge in [-0.2, -0.15) is 0 Å². The monoisotopic (exact) mass is 326 g/mol. The van der Waals surface area contributed by atoms with Gasteiger partial charge < -0.3 is 3.83 Å². The fraction of sp³-hybridized carbons (Fsp3) is 0. The van der Waals surface area contributed by atoms with Crippen LogP contribution in [0.5, 0.6) is 0 Å². The first-order chi connectivity index (χ1) is 5.25. The highest BCUT2D eigenvalue weighted by Crippen LogP contribution is 2.13. The van der Waals surface area contributed by atoms with E-state index in [1.807, 2.05) is 12.1 Å². The Bertz CT molecular complexity index is 275. The van der Waals surface area contributed by atoms with Gasteiger partial charge in [0.15, 0.2) is 16.3 Å². The van der Waals surface area contributed by atoms with E-state index in [1.165, 1.54) is 0 Å². The van der Waals surface area contributed by atoms with Gasteiger partial charge >= 0.3 is 5.97 Å². The van der Waals surface area contributed by atoms with Gasteiger partial charge in [0.05, 0.1) is 5.56 Å². The summed E-state index contributed by atoms with van der Waals surface area (Å²) in [4.78, 5) is 11.0. The molecule has 0 aliphatic heterocycles. The van der Waals surface area contributed by atoms with E-state index in [9.17, 15) is 4.79 Å². The van der Waals surface area contributed by atoms with Crippen LogP contribution < -0.4 is 0 Å². The van der Waals surface area contributed by atoms with Crippen LogP contribution >= 0.6 is 38.8 Å². The average Bonchev–Trinajstić information content (AvgIpc) is 2.04. The van der Waals surface area contributed by atoms with Gasteiger partial charge in [-0.25, -0.2) is 4.79 Å². The Morgan fingerprint density at radius 3 is 2.64 bits per heavy atom. The van der Waals surface area contributed by atoms with E-state index in [4.69, 9.17) is 0 Å². The summed E-state index contributed by atoms with van der Waals surface area (Å²) in [6.45, 7) is 0. The smallest absolute Gasteiger partial charge is 0.350 e. The van der Waals surface area contributed by atoms with Crippen molar-refractivity contribution >= 4 is 44.8 Å². The highest BCUT2D eigenvalue weighted by molar-refractivity contribution is 14.1. The molecule has 11 heavy (non-hydrogen) atoms. The molecule has 0 N–H and O–H groups in total. The lowest BCUT2D eigenvalue weighted by atomic mass is 10.2. The number of carbonyl (C=O) groups is 1. The predicted octanol–water partition coefficient (Wildman–Crippen LogP) is 2.76. The molecule has 1 aromatic carbocycles. The molecule has 0 aliphatic carbocycles. The summed E-state index contributed by atoms with van der Waals surface area (Å²) < 4.78 is 5.27. The van der Waals surface area contributed by atoms with E-state index in [0.29, 0.717) is 5.56 Å². The minimum absolute atomic E-state index is 0.366. The molecule has 0 aromatic heterocycles. The van der Waals surface area contributed by atoms with E-state index in [0.717, 1.165) is 3.57 Å². The van der Waals surface area contributed by atoms with Gasteiger partial charge in [0.2, 0.25) is 0 Å². The van der Waals surface area contributed by atoms with E-state index < -0.39 is 0 Å². The van der Waals surface area contributed by atoms with Crippen LogP contribution in [0.3, 0.4) is 0 Å². The number of rotatable bonds is 1. The third kappa shape index (κ3) is 2.16. The summed E-state index contributed by atoms with van der Waals surface area (Å²) in [5.74, 6) is -0.366. The second-order valence-corrected chi connectivity index (χ2v) is 3.33. The van der Waals surface area contributed by atoms with Gasteiger partial charge in [0.25, 0.3) is 0 Å². The Labute approximate surface area is 86.5 Å². The molecule has 1 aromatic rings. The van der Waals surface area contributed by atoms with Crippen LogP contribution in [-0.2, 0) is 3.83 Å². The Balaban J connectivity index is 3.03. The summed E-state index contributed by atoms with van der Waals surface area (Å²) >= 11 is 4.71. The minimum Gasteiger partial charge on any atom is -0.380 e. The number of benzene rings is 1. The molecule has 0 amide bonds. The van der Waals surface area contributed by atoms with Crippen LogP contribution in [0.25, 0.3) is 0 Å². The van der Waals surface area contributed by atoms with Gasteiger partial charge in [-0.1, -0.05) is 12.1 Å². The largest absolute Gasteiger partial charge is 0.380 e. The lowest BCUT2D eigenvalue weighted by molar-refractivity contribution is 0.0781. The van der Waals surface area contributed by atoms with Crippen molar-refractivity contribution in [3.8, 4) is 0 Å². The van der Waals surface area contributed by atoms with E-state index in [1.54, 1.807) is 12.1 Å². The molecule has 2 nitrogen and oxygen atoms in total. The lowest BCUT2D eigenvalue weighted by Gasteiger charge is -1.97. The second kappa shape index (κ2) is 4.06. The maximum atomic E-state index is 11.0. The summed E-state index contributed by atoms with van der Waals surface area (Å²) in [6.07, 6.45) is 0. The topological polar surface area (TPSA) is 26.3 Å². The average molecular weight is 327 g/mol. The zero-order valence-electron chi connectivity index (χ0n) is 5.38. The van der Waals surface area contributed by atoms with E-state index in [-0.39, 0.29) is 5.97 Å². The van der Waals surface area contributed by atoms with Crippen LogP contribution in [0, 0.1) is 3.57 Å². The number of hydrogen-bond donors (Lipinski definition) is 0. The molecule has 4 heteroatoms. The Morgan fingerprint density at radius 2 is 2.09 bits per heavy atom. The maximum Gasteiger partial charge on any atom is 0.350 e. The molecule has 0 aliphatic rings. The van der Waals surface area contributed by atoms with Crippen molar-refractivity contribution in [3.05, 3.63) is 33.4 Å². The normalized spacial score (nSPS) is 9.27. The Kier molecular flexibility index (Phi) is 3.32. The van der Waals surface area contributed by atoms with Crippen LogP contribution in [0.15, 0.2) is 24.3 Å². The van der Waals surface area contributed by atoms with Crippen molar-refractivity contribution in [2.45, 2.75) is 0 Å². The fourth-order valence-electron chi connectivity index (χ4n) is 0.668. The first-order valence-electron chi connectivity index (χ1n) is 2.83. The van der Waals surface area contributed by atoms with Gasteiger partial charge in [-0.15, -0.1) is 0 Å². The highest BCUT2D eigenvalue weighted by atomic mass is 127. The van der Waals surface area contributed by atoms with E-state index in [2.05, 4.69) is 42.7 Å². The standard InChI is InChI=1S/C7H4BrIO2/c8-11-7(10)5-3-1-2-4-6(5)9/h1-4H. The van der Waals surface area contributed by atoms with Crippen molar-refractivity contribution in [1.29, 1.82) is 0 Å². The van der Waals surface area contributed by atoms with Crippen molar-refractivity contribution < 1.29 is 8.62 Å². The molecule has 0 heterocycles. The Morgan fingerprint density at radius 1 is 1.45 bits per heavy atom. The summed E-state index contributed by atoms with van der Waals surface area (Å²) in [5.41, 5.74) is 0.574. The van der Waals surface area contributed by atoms with Crippen molar-refractivity contribution in [2.24, 2.45) is 0 Å². The second-order valence-electron chi connectivity index (χ2n) is 1.84. The summed E-state index contributed by atoms with van der Waals surface area (Å²) in [5, 5.41) is 0. The SMILES string of the molecule is O=C(OBr)c1ccccc1I. The molecule has 0 radical (unpaired) electrons. The lowest BCUT2D eigenvalue weighted by Crippen LogP contribution is -1.99. The molecule has 0 atom stereocenters. The number of hydrogen-bond acceptors (Lipinski definition) is 2. The maximum absolute atomic E-state index is 11.0. The van der Waals surface area contributed by atoms with Gasteiger partial charge in [0.1, 0.15) is 0 Å². The molecule has 0 unspecified atom stereocenters. The molecule has 0 bridgehead atoms. The highest BCUT2D eigenvalue weighted by Gasteiger charge is 2.08. The van der Waals surface area contributed by atoms with Gasteiger partial charge in [-0.3, -0.25) is 0 Å². The zero-order valence-corrected chi connectivity index (χ0v) is 9.13. The third-order valence-electron chi connectivity index (χ3n) is 1.16. The molecule has 0 saturated heterocycles. The third-order valence-corrected chi connectivity index (χ3v) is 2.40. The van der Waals surface area contributed by atoms with Gasteiger partial charge in [0, 0.05) is 3.57 Å². The Hall–Kier alpha value is -0.100. The molecular formula is C7H4BrIO2. The first-order valence-corrected chi connectivity index (χ1v) is 4.56. The summed E-state index contributed by atoms with van der Waals surface area (Å²) in [7, 11) is 0. The molecular weight excluding hydrogens is 323 g/mol. The first kappa shape index (κ1) is 8.99. The molecule has 0 saturated carbocycles. The van der Waals surface area contributed by atoms with Gasteiger partial charge in [-0.05, 0) is 34.7 Å². The molecule has 0 spiro atoms.